The molecule has 96 valence electrons. The molecule has 1 aliphatic heterocycles. The van der Waals surface area contributed by atoms with Crippen molar-refractivity contribution in [1.29, 1.82) is 0 Å². The van der Waals surface area contributed by atoms with Gasteiger partial charge >= 0.3 is 0 Å². The van der Waals surface area contributed by atoms with Gasteiger partial charge in [0.15, 0.2) is 0 Å². The topological polar surface area (TPSA) is 12.0 Å². The Morgan fingerprint density at radius 1 is 1.06 bits per heavy atom. The Labute approximate surface area is 106 Å². The second kappa shape index (κ2) is 3.50. The van der Waals surface area contributed by atoms with Crippen molar-refractivity contribution in [3.05, 3.63) is 0 Å². The van der Waals surface area contributed by atoms with E-state index in [9.17, 15) is 0 Å². The van der Waals surface area contributed by atoms with Crippen LogP contribution in [0.25, 0.3) is 0 Å². The molecule has 3 unspecified atom stereocenters. The third kappa shape index (κ3) is 1.25. The van der Waals surface area contributed by atoms with Crippen molar-refractivity contribution in [1.82, 2.24) is 5.32 Å². The molecule has 4 saturated carbocycles. The molecule has 5 fully saturated rings. The van der Waals surface area contributed by atoms with Gasteiger partial charge in [-0.15, -0.1) is 0 Å². The molecule has 1 N–H and O–H groups in total. The van der Waals surface area contributed by atoms with Gasteiger partial charge in [-0.05, 0) is 81.1 Å². The van der Waals surface area contributed by atoms with E-state index in [0.29, 0.717) is 11.0 Å². The third-order valence-electron chi connectivity index (χ3n) is 7.02. The highest BCUT2D eigenvalue weighted by Gasteiger charge is 2.64. The van der Waals surface area contributed by atoms with Crippen LogP contribution in [-0.4, -0.2) is 12.1 Å². The summed E-state index contributed by atoms with van der Waals surface area (Å²) >= 11 is 0. The van der Waals surface area contributed by atoms with Crippen LogP contribution in [0.1, 0.15) is 64.7 Å². The van der Waals surface area contributed by atoms with Crippen LogP contribution < -0.4 is 5.32 Å². The number of rotatable bonds is 1. The van der Waals surface area contributed by atoms with Crippen LogP contribution >= 0.6 is 0 Å². The first-order valence-corrected chi connectivity index (χ1v) is 8.03. The zero-order valence-electron chi connectivity index (χ0n) is 11.3. The summed E-state index contributed by atoms with van der Waals surface area (Å²) in [4.78, 5) is 0. The highest BCUT2D eigenvalue weighted by molar-refractivity contribution is 5.18. The molecule has 1 nitrogen and oxygen atoms in total. The van der Waals surface area contributed by atoms with E-state index in [2.05, 4.69) is 12.2 Å². The van der Waals surface area contributed by atoms with E-state index in [1.54, 1.807) is 32.1 Å². The first-order chi connectivity index (χ1) is 8.28. The Bertz CT molecular complexity index is 301. The van der Waals surface area contributed by atoms with E-state index >= 15 is 0 Å². The lowest BCUT2D eigenvalue weighted by Gasteiger charge is -2.69. The van der Waals surface area contributed by atoms with Crippen LogP contribution in [0.3, 0.4) is 0 Å². The Balaban J connectivity index is 1.77. The van der Waals surface area contributed by atoms with Crippen LogP contribution in [0, 0.1) is 23.2 Å². The molecular formula is C16H27N. The molecule has 0 aromatic carbocycles. The first-order valence-electron chi connectivity index (χ1n) is 8.03. The molecule has 0 aromatic heterocycles. The summed E-state index contributed by atoms with van der Waals surface area (Å²) in [7, 11) is 0. The highest BCUT2D eigenvalue weighted by Crippen LogP contribution is 2.67. The van der Waals surface area contributed by atoms with Gasteiger partial charge in [-0.25, -0.2) is 0 Å². The van der Waals surface area contributed by atoms with Crippen LogP contribution in [-0.2, 0) is 0 Å². The maximum Gasteiger partial charge on any atom is 0.0266 e. The van der Waals surface area contributed by atoms with Crippen molar-refractivity contribution in [2.75, 3.05) is 6.54 Å². The van der Waals surface area contributed by atoms with Gasteiger partial charge < -0.3 is 5.32 Å². The fourth-order valence-corrected chi connectivity index (χ4v) is 6.62. The molecule has 1 spiro atoms. The Hall–Kier alpha value is -0.0400. The minimum absolute atomic E-state index is 0.577. The Kier molecular flexibility index (Phi) is 2.23. The Morgan fingerprint density at radius 3 is 2.41 bits per heavy atom. The zero-order chi connectivity index (χ0) is 11.5. The molecular weight excluding hydrogens is 206 g/mol. The molecule has 4 aliphatic carbocycles. The molecule has 0 amide bonds. The minimum atomic E-state index is 0.577. The van der Waals surface area contributed by atoms with Crippen molar-refractivity contribution < 1.29 is 0 Å². The second-order valence-electron chi connectivity index (χ2n) is 7.53. The lowest BCUT2D eigenvalue weighted by atomic mass is 9.40. The average molecular weight is 233 g/mol. The SMILES string of the molecule is CCC12CC3CC(CC(C3)C13CCCCN3)C2. The minimum Gasteiger partial charge on any atom is -0.310 e. The predicted molar refractivity (Wildman–Crippen MR) is 70.9 cm³/mol. The summed E-state index contributed by atoms with van der Waals surface area (Å²) in [5, 5.41) is 4.07. The molecule has 0 radical (unpaired) electrons. The van der Waals surface area contributed by atoms with Gasteiger partial charge in [-0.3, -0.25) is 0 Å². The maximum absolute atomic E-state index is 4.07. The van der Waals surface area contributed by atoms with Gasteiger partial charge in [0.05, 0.1) is 0 Å². The van der Waals surface area contributed by atoms with Crippen molar-refractivity contribution >= 4 is 0 Å². The standard InChI is InChI=1S/C16H27N/c1-2-15-10-12-7-13(11-15)9-14(8-12)16(15)5-3-4-6-17-16/h12-14,17H,2-11H2,1H3. The number of piperidine rings is 1. The average Bonchev–Trinajstić information content (AvgIpc) is 2.36. The maximum atomic E-state index is 4.07. The molecule has 1 heteroatoms. The molecule has 5 aliphatic rings. The largest absolute Gasteiger partial charge is 0.310 e. The quantitative estimate of drug-likeness (QED) is 0.727. The summed E-state index contributed by atoms with van der Waals surface area (Å²) in [5.74, 6) is 3.23. The van der Waals surface area contributed by atoms with Crippen molar-refractivity contribution in [2.45, 2.75) is 70.3 Å². The lowest BCUT2D eigenvalue weighted by Crippen LogP contribution is -2.71. The van der Waals surface area contributed by atoms with E-state index < -0.39 is 0 Å². The van der Waals surface area contributed by atoms with Crippen molar-refractivity contribution in [3.63, 3.8) is 0 Å². The number of hydrogen-bond donors (Lipinski definition) is 1. The predicted octanol–water partition coefficient (Wildman–Crippen LogP) is 3.74. The molecule has 1 saturated heterocycles. The molecule has 3 atom stereocenters. The smallest absolute Gasteiger partial charge is 0.0266 e. The monoisotopic (exact) mass is 233 g/mol. The summed E-state index contributed by atoms with van der Waals surface area (Å²) in [6.45, 7) is 3.78. The summed E-state index contributed by atoms with van der Waals surface area (Å²) in [5.41, 5.74) is 1.27. The van der Waals surface area contributed by atoms with Crippen molar-refractivity contribution in [3.8, 4) is 0 Å². The van der Waals surface area contributed by atoms with Gasteiger partial charge in [-0.1, -0.05) is 13.3 Å². The van der Waals surface area contributed by atoms with E-state index in [4.69, 9.17) is 0 Å². The van der Waals surface area contributed by atoms with E-state index in [1.807, 2.05) is 0 Å². The van der Waals surface area contributed by atoms with Gasteiger partial charge in [0.2, 0.25) is 0 Å². The van der Waals surface area contributed by atoms with Crippen molar-refractivity contribution in [2.24, 2.45) is 23.2 Å². The molecule has 17 heavy (non-hydrogen) atoms. The normalized spacial score (nSPS) is 56.6. The molecule has 1 heterocycles. The highest BCUT2D eigenvalue weighted by atomic mass is 15.0. The van der Waals surface area contributed by atoms with Gasteiger partial charge in [-0.2, -0.15) is 0 Å². The van der Waals surface area contributed by atoms with E-state index in [-0.39, 0.29) is 0 Å². The van der Waals surface area contributed by atoms with Crippen LogP contribution in [0.5, 0.6) is 0 Å². The van der Waals surface area contributed by atoms with Gasteiger partial charge in [0.25, 0.3) is 0 Å². The molecule has 0 aromatic rings. The summed E-state index contributed by atoms with van der Waals surface area (Å²) < 4.78 is 0. The zero-order valence-corrected chi connectivity index (χ0v) is 11.3. The number of hydrogen-bond acceptors (Lipinski definition) is 1. The van der Waals surface area contributed by atoms with E-state index in [0.717, 1.165) is 17.8 Å². The Morgan fingerprint density at radius 2 is 1.82 bits per heavy atom. The fourth-order valence-electron chi connectivity index (χ4n) is 6.62. The molecule has 4 bridgehead atoms. The summed E-state index contributed by atoms with van der Waals surface area (Å²) in [6, 6.07) is 0. The van der Waals surface area contributed by atoms with E-state index in [1.165, 1.54) is 32.2 Å². The van der Waals surface area contributed by atoms with Gasteiger partial charge in [0.1, 0.15) is 0 Å². The molecule has 5 rings (SSSR count). The third-order valence-corrected chi connectivity index (χ3v) is 7.02. The summed E-state index contributed by atoms with van der Waals surface area (Å²) in [6.07, 6.45) is 13.6. The second-order valence-corrected chi connectivity index (χ2v) is 7.53. The number of nitrogens with one attached hydrogen (secondary N) is 1. The van der Waals surface area contributed by atoms with Gasteiger partial charge in [0, 0.05) is 5.54 Å². The fraction of sp³-hybridized carbons (Fsp3) is 1.00. The van der Waals surface area contributed by atoms with Crippen LogP contribution in [0.15, 0.2) is 0 Å². The van der Waals surface area contributed by atoms with Crippen LogP contribution in [0.2, 0.25) is 0 Å². The van der Waals surface area contributed by atoms with Crippen LogP contribution in [0.4, 0.5) is 0 Å². The lowest BCUT2D eigenvalue weighted by molar-refractivity contribution is -0.153. The first kappa shape index (κ1) is 10.8.